The molecule has 1 heterocycles. The molecule has 2 fully saturated rings. The van der Waals surface area contributed by atoms with Crippen molar-refractivity contribution in [2.24, 2.45) is 5.92 Å². The SMILES string of the molecule is C=CCC[C@H](NC(=O)C(C)NCC(/C=C\C)=C(C)/C=C\C)C(=O)N1CCN(C2CCCCC2CC(=O)O)CC1.CC.CC/C=C(\C)Cl. The van der Waals surface area contributed by atoms with E-state index in [9.17, 15) is 19.5 Å². The van der Waals surface area contributed by atoms with Crippen molar-refractivity contribution in [2.45, 2.75) is 125 Å². The molecule has 47 heavy (non-hydrogen) atoms. The lowest BCUT2D eigenvalue weighted by Gasteiger charge is -2.44. The van der Waals surface area contributed by atoms with Crippen LogP contribution in [0.15, 0.2) is 59.2 Å². The summed E-state index contributed by atoms with van der Waals surface area (Å²) in [4.78, 5) is 42.2. The molecule has 2 aliphatic rings. The zero-order chi connectivity index (χ0) is 35.8. The summed E-state index contributed by atoms with van der Waals surface area (Å²) in [6, 6.07) is -0.790. The first-order valence-electron chi connectivity index (χ1n) is 17.6. The Morgan fingerprint density at radius 2 is 1.64 bits per heavy atom. The molecule has 0 radical (unpaired) electrons. The maximum atomic E-state index is 13.5. The number of rotatable bonds is 15. The molecule has 0 aromatic carbocycles. The number of aliphatic carboxylic acids is 1. The molecule has 0 spiro atoms. The van der Waals surface area contributed by atoms with Crippen molar-refractivity contribution in [1.82, 2.24) is 20.4 Å². The molecule has 0 aromatic heterocycles. The molecule has 1 saturated carbocycles. The number of carbonyl (C=O) groups is 3. The van der Waals surface area contributed by atoms with Crippen LogP contribution < -0.4 is 10.6 Å². The Hall–Kier alpha value is -2.68. The first kappa shape index (κ1) is 44.3. The summed E-state index contributed by atoms with van der Waals surface area (Å²) in [5, 5.41) is 16.5. The summed E-state index contributed by atoms with van der Waals surface area (Å²) in [7, 11) is 0. The molecule has 4 atom stereocenters. The Labute approximate surface area is 291 Å². The van der Waals surface area contributed by atoms with E-state index in [1.54, 1.807) is 6.08 Å². The van der Waals surface area contributed by atoms with Gasteiger partial charge in [0.1, 0.15) is 6.04 Å². The minimum atomic E-state index is -0.729. The molecular weight excluding hydrogens is 612 g/mol. The lowest BCUT2D eigenvalue weighted by molar-refractivity contribution is -0.140. The molecule has 1 aliphatic heterocycles. The molecule has 8 nitrogen and oxygen atoms in total. The first-order valence-corrected chi connectivity index (χ1v) is 18.0. The number of carboxylic acids is 1. The van der Waals surface area contributed by atoms with E-state index in [1.165, 1.54) is 0 Å². The summed E-state index contributed by atoms with van der Waals surface area (Å²) in [6.45, 7) is 22.7. The Morgan fingerprint density at radius 3 is 2.15 bits per heavy atom. The highest BCUT2D eigenvalue weighted by atomic mass is 35.5. The molecule has 3 N–H and O–H groups in total. The van der Waals surface area contributed by atoms with E-state index >= 15 is 0 Å². The Morgan fingerprint density at radius 1 is 1.02 bits per heavy atom. The largest absolute Gasteiger partial charge is 0.481 e. The van der Waals surface area contributed by atoms with E-state index in [0.29, 0.717) is 32.5 Å². The van der Waals surface area contributed by atoms with Crippen LogP contribution in [0.25, 0.3) is 0 Å². The molecule has 0 aromatic rings. The van der Waals surface area contributed by atoms with Gasteiger partial charge in [-0.1, -0.05) is 81.7 Å². The number of hydrogen-bond acceptors (Lipinski definition) is 5. The number of nitrogens with zero attached hydrogens (tertiary/aromatic N) is 2. The average Bonchev–Trinajstić information content (AvgIpc) is 3.05. The zero-order valence-corrected chi connectivity index (χ0v) is 31.4. The lowest BCUT2D eigenvalue weighted by atomic mass is 9.81. The van der Waals surface area contributed by atoms with Gasteiger partial charge in [-0.25, -0.2) is 0 Å². The van der Waals surface area contributed by atoms with Gasteiger partial charge in [-0.15, -0.1) is 6.58 Å². The predicted molar refractivity (Wildman–Crippen MR) is 199 cm³/mol. The normalized spacial score (nSPS) is 20.7. The maximum Gasteiger partial charge on any atom is 0.303 e. The highest BCUT2D eigenvalue weighted by Gasteiger charge is 2.35. The van der Waals surface area contributed by atoms with Crippen molar-refractivity contribution in [3.8, 4) is 0 Å². The van der Waals surface area contributed by atoms with Crippen molar-refractivity contribution in [1.29, 1.82) is 0 Å². The van der Waals surface area contributed by atoms with E-state index in [1.807, 2.05) is 83.7 Å². The standard InChI is InChI=1S/C31H50N4O4.C5H9Cl.C2H6/c1-6-9-15-27(33-30(38)24(5)32-22-26(13-8-3)23(4)12-7-2)31(39)35-19-17-34(18-20-35)28-16-11-10-14-25(28)21-29(36)37;1-3-4-5(2)6;1-2/h6-8,12-13,24-25,27-28,32H,1,9-11,14-22H2,2-5H3,(H,33,38)(H,36,37);4H,3H2,1-2H3;1-2H3/b12-7-,13-8-,26-23+;5-4+;/t24?,25?,27-,28?;;/m0../s1. The van der Waals surface area contributed by atoms with Gasteiger partial charge in [0.15, 0.2) is 0 Å². The van der Waals surface area contributed by atoms with Crippen LogP contribution in [0.4, 0.5) is 0 Å². The second-order valence-corrected chi connectivity index (χ2v) is 12.6. The number of carbonyl (C=O) groups excluding carboxylic acids is 2. The number of hydrogen-bond donors (Lipinski definition) is 3. The predicted octanol–water partition coefficient (Wildman–Crippen LogP) is 7.63. The molecule has 1 aliphatic carbocycles. The summed E-state index contributed by atoms with van der Waals surface area (Å²) >= 11 is 5.44. The van der Waals surface area contributed by atoms with E-state index in [0.717, 1.165) is 61.4 Å². The smallest absolute Gasteiger partial charge is 0.303 e. The monoisotopic (exact) mass is 676 g/mol. The van der Waals surface area contributed by atoms with Crippen LogP contribution in [0.2, 0.25) is 0 Å². The van der Waals surface area contributed by atoms with Crippen LogP contribution in [0.3, 0.4) is 0 Å². The van der Waals surface area contributed by atoms with Crippen LogP contribution in [-0.4, -0.2) is 83.5 Å². The lowest BCUT2D eigenvalue weighted by Crippen LogP contribution is -2.58. The fourth-order valence-electron chi connectivity index (χ4n) is 5.99. The van der Waals surface area contributed by atoms with E-state index < -0.39 is 18.1 Å². The van der Waals surface area contributed by atoms with Gasteiger partial charge in [0, 0.05) is 50.2 Å². The summed E-state index contributed by atoms with van der Waals surface area (Å²) in [5.41, 5.74) is 2.24. The van der Waals surface area contributed by atoms with Gasteiger partial charge in [0.25, 0.3) is 0 Å². The van der Waals surface area contributed by atoms with Gasteiger partial charge in [-0.2, -0.15) is 0 Å². The third-order valence-electron chi connectivity index (χ3n) is 8.44. The third-order valence-corrected chi connectivity index (χ3v) is 8.60. The number of nitrogens with one attached hydrogen (secondary N) is 2. The fraction of sp³-hybridized carbons (Fsp3) is 0.658. The van der Waals surface area contributed by atoms with Gasteiger partial charge >= 0.3 is 5.97 Å². The highest BCUT2D eigenvalue weighted by molar-refractivity contribution is 6.29. The third kappa shape index (κ3) is 17.9. The number of amides is 2. The highest BCUT2D eigenvalue weighted by Crippen LogP contribution is 2.31. The topological polar surface area (TPSA) is 102 Å². The molecule has 1 saturated heterocycles. The second-order valence-electron chi connectivity index (χ2n) is 12.0. The number of piperazine rings is 1. The molecule has 2 amide bonds. The minimum absolute atomic E-state index is 0.0544. The fourth-order valence-corrected chi connectivity index (χ4v) is 6.14. The minimum Gasteiger partial charge on any atom is -0.481 e. The molecule has 0 bridgehead atoms. The summed E-state index contributed by atoms with van der Waals surface area (Å²) < 4.78 is 0. The quantitative estimate of drug-likeness (QED) is 0.122. The van der Waals surface area contributed by atoms with Crippen molar-refractivity contribution in [3.05, 3.63) is 59.2 Å². The van der Waals surface area contributed by atoms with Crippen LogP contribution >= 0.6 is 11.6 Å². The van der Waals surface area contributed by atoms with Crippen molar-refractivity contribution in [3.63, 3.8) is 0 Å². The molecular formula is C38H65ClN4O4. The van der Waals surface area contributed by atoms with Crippen molar-refractivity contribution >= 4 is 29.4 Å². The van der Waals surface area contributed by atoms with E-state index in [4.69, 9.17) is 11.6 Å². The van der Waals surface area contributed by atoms with Crippen LogP contribution in [0.1, 0.15) is 107 Å². The van der Waals surface area contributed by atoms with Gasteiger partial charge in [0.2, 0.25) is 11.8 Å². The number of halogens is 1. The average molecular weight is 677 g/mol. The molecule has 3 unspecified atom stereocenters. The van der Waals surface area contributed by atoms with E-state index in [2.05, 4.69) is 29.0 Å². The van der Waals surface area contributed by atoms with Crippen molar-refractivity contribution < 1.29 is 19.5 Å². The van der Waals surface area contributed by atoms with Gasteiger partial charge < -0.3 is 20.6 Å². The maximum absolute atomic E-state index is 13.5. The van der Waals surface area contributed by atoms with E-state index in [-0.39, 0.29) is 30.2 Å². The molecule has 2 rings (SSSR count). The van der Waals surface area contributed by atoms with Gasteiger partial charge in [-0.05, 0) is 83.8 Å². The van der Waals surface area contributed by atoms with Crippen LogP contribution in [-0.2, 0) is 14.4 Å². The zero-order valence-electron chi connectivity index (χ0n) is 30.6. The van der Waals surface area contributed by atoms with Crippen LogP contribution in [0.5, 0.6) is 0 Å². The molecule has 9 heteroatoms. The summed E-state index contributed by atoms with van der Waals surface area (Å²) in [5.74, 6) is -0.802. The number of carboxylic acid groups (broad SMARTS) is 1. The second kappa shape index (κ2) is 26.3. The van der Waals surface area contributed by atoms with Crippen molar-refractivity contribution in [2.75, 3.05) is 32.7 Å². The Kier molecular flexibility index (Phi) is 24.8. The van der Waals surface area contributed by atoms with Gasteiger partial charge in [0.05, 0.1) is 6.04 Å². The first-order chi connectivity index (χ1) is 22.5. The Bertz CT molecular complexity index is 1060. The Balaban J connectivity index is 0.00000237. The molecule has 268 valence electrons. The summed E-state index contributed by atoms with van der Waals surface area (Å²) in [6.07, 6.45) is 18.4. The van der Waals surface area contributed by atoms with Gasteiger partial charge in [-0.3, -0.25) is 19.3 Å². The number of allylic oxidation sites excluding steroid dienone is 7. The van der Waals surface area contributed by atoms with Crippen LogP contribution in [0, 0.1) is 5.92 Å².